The minimum atomic E-state index is -1.16. The van der Waals surface area contributed by atoms with Crippen LogP contribution < -0.4 is 10.6 Å². The van der Waals surface area contributed by atoms with Gasteiger partial charge < -0.3 is 15.7 Å². The van der Waals surface area contributed by atoms with Crippen LogP contribution in [0.25, 0.3) is 0 Å². The molecule has 0 spiro atoms. The number of carbonyl (C=O) groups excluding carboxylic acids is 2. The molecule has 0 heterocycles. The lowest BCUT2D eigenvalue weighted by Crippen LogP contribution is -2.48. The van der Waals surface area contributed by atoms with E-state index in [0.717, 1.165) is 4.90 Å². The van der Waals surface area contributed by atoms with E-state index in [1.807, 2.05) is 0 Å². The summed E-state index contributed by atoms with van der Waals surface area (Å²) in [6.45, 7) is 0.765. The zero-order valence-corrected chi connectivity index (χ0v) is 13.9. The molecule has 3 N–H and O–H groups in total. The normalized spacial score (nSPS) is 11.6. The number of thioether (sulfide) groups is 1. The number of hydrogen-bond acceptors (Lipinski definition) is 4. The van der Waals surface area contributed by atoms with E-state index >= 15 is 0 Å². The molecule has 0 aliphatic heterocycles. The van der Waals surface area contributed by atoms with Gasteiger partial charge in [0.15, 0.2) is 0 Å². The van der Waals surface area contributed by atoms with E-state index in [2.05, 4.69) is 10.6 Å². The summed E-state index contributed by atoms with van der Waals surface area (Å²) < 4.78 is 0. The minimum Gasteiger partial charge on any atom is -0.480 e. The lowest BCUT2D eigenvalue weighted by atomic mass is 10.3. The second-order valence-electron chi connectivity index (χ2n) is 4.28. The van der Waals surface area contributed by atoms with Gasteiger partial charge in [0.1, 0.15) is 12.6 Å². The van der Waals surface area contributed by atoms with Crippen LogP contribution in [-0.2, 0) is 14.4 Å². The molecule has 1 atom stereocenters. The third-order valence-corrected chi connectivity index (χ3v) is 3.87. The van der Waals surface area contributed by atoms with Crippen molar-refractivity contribution >= 4 is 52.7 Å². The number of hydrogen-bond donors (Lipinski definition) is 3. The van der Waals surface area contributed by atoms with Crippen LogP contribution in [-0.4, -0.2) is 41.2 Å². The molecule has 1 aromatic carbocycles. The van der Waals surface area contributed by atoms with Gasteiger partial charge >= 0.3 is 5.97 Å². The van der Waals surface area contributed by atoms with E-state index in [1.165, 1.54) is 18.7 Å². The SMILES string of the molecule is CC(=O)N[C@@H](CSc1cc(Cl)cc(Cl)c1)C(=O)NCC(=O)O. The Kier molecular flexibility index (Phi) is 7.50. The Balaban J connectivity index is 2.69. The fraction of sp³-hybridized carbons (Fsp3) is 0.308. The number of aliphatic carboxylic acids is 1. The second kappa shape index (κ2) is 8.87. The Morgan fingerprint density at radius 2 is 1.82 bits per heavy atom. The van der Waals surface area contributed by atoms with Crippen LogP contribution in [0, 0.1) is 0 Å². The molecule has 0 aliphatic carbocycles. The zero-order valence-electron chi connectivity index (χ0n) is 11.6. The highest BCUT2D eigenvalue weighted by molar-refractivity contribution is 7.99. The standard InChI is InChI=1S/C13H14Cl2N2O4S/c1-7(18)17-11(13(21)16-5-12(19)20)6-22-10-3-8(14)2-9(15)4-10/h2-4,11H,5-6H2,1H3,(H,16,21)(H,17,18)(H,19,20)/t11-/m0/s1. The first kappa shape index (κ1) is 18.6. The Bertz CT molecular complexity index is 563. The fourth-order valence-electron chi connectivity index (χ4n) is 1.51. The predicted octanol–water partition coefficient (Wildman–Crippen LogP) is 1.79. The maximum Gasteiger partial charge on any atom is 0.322 e. The summed E-state index contributed by atoms with van der Waals surface area (Å²) in [7, 11) is 0. The molecule has 0 bridgehead atoms. The van der Waals surface area contributed by atoms with Crippen LogP contribution in [0.15, 0.2) is 23.1 Å². The van der Waals surface area contributed by atoms with Crippen molar-refractivity contribution in [3.63, 3.8) is 0 Å². The van der Waals surface area contributed by atoms with Gasteiger partial charge in [0.25, 0.3) is 0 Å². The Morgan fingerprint density at radius 3 is 2.32 bits per heavy atom. The van der Waals surface area contributed by atoms with Crippen molar-refractivity contribution in [1.82, 2.24) is 10.6 Å². The Labute approximate surface area is 141 Å². The van der Waals surface area contributed by atoms with Gasteiger partial charge in [-0.25, -0.2) is 0 Å². The lowest BCUT2D eigenvalue weighted by molar-refractivity contribution is -0.138. The first-order valence-electron chi connectivity index (χ1n) is 6.13. The van der Waals surface area contributed by atoms with Gasteiger partial charge in [0.2, 0.25) is 11.8 Å². The van der Waals surface area contributed by atoms with Gasteiger partial charge in [0.05, 0.1) is 0 Å². The predicted molar refractivity (Wildman–Crippen MR) is 85.4 cm³/mol. The molecule has 9 heteroatoms. The van der Waals surface area contributed by atoms with Crippen LogP contribution in [0.3, 0.4) is 0 Å². The molecule has 0 aromatic heterocycles. The van der Waals surface area contributed by atoms with Gasteiger partial charge in [-0.3, -0.25) is 14.4 Å². The summed E-state index contributed by atoms with van der Waals surface area (Å²) in [6.07, 6.45) is 0. The van der Waals surface area contributed by atoms with Crippen molar-refractivity contribution in [1.29, 1.82) is 0 Å². The number of amides is 2. The summed E-state index contributed by atoms with van der Waals surface area (Å²) in [5.41, 5.74) is 0. The number of benzene rings is 1. The number of carboxylic acid groups (broad SMARTS) is 1. The number of halogens is 2. The molecular weight excluding hydrogens is 351 g/mol. The highest BCUT2D eigenvalue weighted by Gasteiger charge is 2.20. The average molecular weight is 365 g/mol. The Morgan fingerprint density at radius 1 is 1.23 bits per heavy atom. The number of carbonyl (C=O) groups is 3. The monoisotopic (exact) mass is 364 g/mol. The van der Waals surface area contributed by atoms with Crippen LogP contribution >= 0.6 is 35.0 Å². The molecule has 6 nitrogen and oxygen atoms in total. The summed E-state index contributed by atoms with van der Waals surface area (Å²) in [6, 6.07) is 4.08. The zero-order chi connectivity index (χ0) is 16.7. The highest BCUT2D eigenvalue weighted by Crippen LogP contribution is 2.26. The largest absolute Gasteiger partial charge is 0.480 e. The van der Waals surface area contributed by atoms with Crippen molar-refractivity contribution in [2.45, 2.75) is 17.9 Å². The van der Waals surface area contributed by atoms with E-state index in [9.17, 15) is 14.4 Å². The number of nitrogens with one attached hydrogen (secondary N) is 2. The molecule has 1 aromatic rings. The van der Waals surface area contributed by atoms with Gasteiger partial charge in [-0.2, -0.15) is 0 Å². The van der Waals surface area contributed by atoms with Crippen molar-refractivity contribution in [2.24, 2.45) is 0 Å². The van der Waals surface area contributed by atoms with E-state index < -0.39 is 24.5 Å². The smallest absolute Gasteiger partial charge is 0.322 e. The minimum absolute atomic E-state index is 0.210. The Hall–Kier alpha value is -1.44. The van der Waals surface area contributed by atoms with Gasteiger partial charge in [-0.05, 0) is 18.2 Å². The van der Waals surface area contributed by atoms with Gasteiger partial charge in [0, 0.05) is 27.6 Å². The lowest BCUT2D eigenvalue weighted by Gasteiger charge is -2.16. The maximum absolute atomic E-state index is 11.9. The molecule has 0 radical (unpaired) electrons. The van der Waals surface area contributed by atoms with E-state index in [4.69, 9.17) is 28.3 Å². The van der Waals surface area contributed by atoms with Gasteiger partial charge in [-0.1, -0.05) is 23.2 Å². The first-order valence-corrected chi connectivity index (χ1v) is 7.87. The number of carboxylic acids is 1. The summed E-state index contributed by atoms with van der Waals surface area (Å²) in [5.74, 6) is -1.91. The topological polar surface area (TPSA) is 95.5 Å². The molecule has 0 fully saturated rings. The second-order valence-corrected chi connectivity index (χ2v) is 6.25. The quantitative estimate of drug-likeness (QED) is 0.641. The van der Waals surface area contributed by atoms with Crippen LogP contribution in [0.1, 0.15) is 6.92 Å². The highest BCUT2D eigenvalue weighted by atomic mass is 35.5. The molecular formula is C13H14Cl2N2O4S. The van der Waals surface area contributed by atoms with Crippen molar-refractivity contribution in [2.75, 3.05) is 12.3 Å². The van der Waals surface area contributed by atoms with E-state index in [-0.39, 0.29) is 11.7 Å². The summed E-state index contributed by atoms with van der Waals surface area (Å²) >= 11 is 13.0. The third-order valence-electron chi connectivity index (χ3n) is 2.36. The summed E-state index contributed by atoms with van der Waals surface area (Å²) in [4.78, 5) is 34.2. The fourth-order valence-corrected chi connectivity index (χ4v) is 3.18. The molecule has 0 saturated carbocycles. The van der Waals surface area contributed by atoms with Crippen LogP contribution in [0.4, 0.5) is 0 Å². The molecule has 22 heavy (non-hydrogen) atoms. The molecule has 2 amide bonds. The van der Waals surface area contributed by atoms with E-state index in [0.29, 0.717) is 10.0 Å². The average Bonchev–Trinajstić information content (AvgIpc) is 2.39. The third kappa shape index (κ3) is 7.02. The molecule has 0 unspecified atom stereocenters. The van der Waals surface area contributed by atoms with Crippen LogP contribution in [0.5, 0.6) is 0 Å². The molecule has 1 rings (SSSR count). The maximum atomic E-state index is 11.9. The first-order chi connectivity index (χ1) is 10.3. The summed E-state index contributed by atoms with van der Waals surface area (Å²) in [5, 5.41) is 14.2. The van der Waals surface area contributed by atoms with Crippen LogP contribution in [0.2, 0.25) is 10.0 Å². The molecule has 120 valence electrons. The molecule has 0 saturated heterocycles. The number of rotatable bonds is 7. The van der Waals surface area contributed by atoms with Crippen molar-refractivity contribution in [3.8, 4) is 0 Å². The van der Waals surface area contributed by atoms with Crippen molar-refractivity contribution in [3.05, 3.63) is 28.2 Å². The van der Waals surface area contributed by atoms with Gasteiger partial charge in [-0.15, -0.1) is 11.8 Å². The molecule has 0 aliphatic rings. The van der Waals surface area contributed by atoms with Crippen molar-refractivity contribution < 1.29 is 19.5 Å². The van der Waals surface area contributed by atoms with E-state index in [1.54, 1.807) is 18.2 Å².